The molecule has 0 unspecified atom stereocenters. The lowest BCUT2D eigenvalue weighted by molar-refractivity contribution is 0.292. The molecule has 2 aromatic rings. The van der Waals surface area contributed by atoms with Crippen molar-refractivity contribution in [3.05, 3.63) is 36.4 Å². The van der Waals surface area contributed by atoms with E-state index in [1.165, 1.54) is 24.7 Å². The van der Waals surface area contributed by atoms with Crippen molar-refractivity contribution >= 4 is 10.8 Å². The summed E-state index contributed by atoms with van der Waals surface area (Å²) in [5.41, 5.74) is 0. The second kappa shape index (κ2) is 5.72. The lowest BCUT2D eigenvalue weighted by atomic mass is 10.3. The van der Waals surface area contributed by atoms with Crippen LogP contribution in [0.25, 0.3) is 0 Å². The SMILES string of the molecule is C[S@](=O)c1nncn1CCOc1cccc(F)c1. The van der Waals surface area contributed by atoms with Crippen LogP contribution in [0.2, 0.25) is 0 Å². The summed E-state index contributed by atoms with van der Waals surface area (Å²) in [4.78, 5) is 0. The molecule has 96 valence electrons. The number of ether oxygens (including phenoxy) is 1. The topological polar surface area (TPSA) is 57.0 Å². The van der Waals surface area contributed by atoms with E-state index >= 15 is 0 Å². The van der Waals surface area contributed by atoms with Gasteiger partial charge in [0.15, 0.2) is 0 Å². The normalized spacial score (nSPS) is 12.3. The second-order valence-electron chi connectivity index (χ2n) is 3.57. The fraction of sp³-hybridized carbons (Fsp3) is 0.273. The van der Waals surface area contributed by atoms with Crippen LogP contribution in [0.5, 0.6) is 5.75 Å². The van der Waals surface area contributed by atoms with Crippen LogP contribution in [0.1, 0.15) is 0 Å². The molecule has 1 aromatic carbocycles. The quantitative estimate of drug-likeness (QED) is 0.819. The van der Waals surface area contributed by atoms with E-state index in [9.17, 15) is 8.60 Å². The maximum Gasteiger partial charge on any atom is 0.221 e. The van der Waals surface area contributed by atoms with Crippen molar-refractivity contribution in [1.82, 2.24) is 14.8 Å². The smallest absolute Gasteiger partial charge is 0.221 e. The molecule has 0 N–H and O–H groups in total. The molecule has 1 heterocycles. The fourth-order valence-corrected chi connectivity index (χ4v) is 2.07. The van der Waals surface area contributed by atoms with Crippen LogP contribution in [0, 0.1) is 5.82 Å². The molecule has 1 atom stereocenters. The largest absolute Gasteiger partial charge is 0.492 e. The molecular weight excluding hydrogens is 257 g/mol. The van der Waals surface area contributed by atoms with Crippen molar-refractivity contribution in [2.45, 2.75) is 11.7 Å². The van der Waals surface area contributed by atoms with E-state index in [4.69, 9.17) is 4.74 Å². The zero-order valence-corrected chi connectivity index (χ0v) is 10.6. The first-order valence-electron chi connectivity index (χ1n) is 5.26. The van der Waals surface area contributed by atoms with E-state index < -0.39 is 10.8 Å². The molecule has 0 aliphatic carbocycles. The first-order chi connectivity index (χ1) is 8.66. The van der Waals surface area contributed by atoms with Gasteiger partial charge in [-0.3, -0.25) is 4.21 Å². The Labute approximate surface area is 106 Å². The van der Waals surface area contributed by atoms with Crippen LogP contribution >= 0.6 is 0 Å². The Balaban J connectivity index is 1.92. The van der Waals surface area contributed by atoms with Gasteiger partial charge in [0.2, 0.25) is 5.16 Å². The van der Waals surface area contributed by atoms with Crippen LogP contribution in [-0.4, -0.2) is 31.8 Å². The van der Waals surface area contributed by atoms with Crippen molar-refractivity contribution in [2.24, 2.45) is 0 Å². The van der Waals surface area contributed by atoms with Gasteiger partial charge in [-0.25, -0.2) is 4.39 Å². The highest BCUT2D eigenvalue weighted by molar-refractivity contribution is 7.84. The molecule has 0 fully saturated rings. The van der Waals surface area contributed by atoms with Gasteiger partial charge in [-0.1, -0.05) is 6.07 Å². The van der Waals surface area contributed by atoms with E-state index in [1.54, 1.807) is 16.7 Å². The molecule has 5 nitrogen and oxygen atoms in total. The number of benzene rings is 1. The average Bonchev–Trinajstić information content (AvgIpc) is 2.77. The molecule has 0 radical (unpaired) electrons. The van der Waals surface area contributed by atoms with Crippen LogP contribution in [-0.2, 0) is 17.3 Å². The third-order valence-corrected chi connectivity index (χ3v) is 3.06. The van der Waals surface area contributed by atoms with E-state index in [2.05, 4.69) is 10.2 Å². The van der Waals surface area contributed by atoms with Gasteiger partial charge in [-0.05, 0) is 12.1 Å². The predicted octanol–water partition coefficient (Wildman–Crippen LogP) is 1.23. The van der Waals surface area contributed by atoms with Gasteiger partial charge in [0.1, 0.15) is 24.5 Å². The molecule has 18 heavy (non-hydrogen) atoms. The third-order valence-electron chi connectivity index (χ3n) is 2.23. The summed E-state index contributed by atoms with van der Waals surface area (Å²) in [5.74, 6) is 0.120. The molecular formula is C11H12FN3O2S. The number of rotatable bonds is 5. The van der Waals surface area contributed by atoms with Gasteiger partial charge in [-0.2, -0.15) is 0 Å². The molecule has 7 heteroatoms. The van der Waals surface area contributed by atoms with E-state index in [1.807, 2.05) is 0 Å². The van der Waals surface area contributed by atoms with Crippen LogP contribution < -0.4 is 4.74 Å². The Kier molecular flexibility index (Phi) is 4.03. The maximum atomic E-state index is 12.9. The number of hydrogen-bond acceptors (Lipinski definition) is 4. The summed E-state index contributed by atoms with van der Waals surface area (Å²) < 4.78 is 31.2. The zero-order chi connectivity index (χ0) is 13.0. The molecule has 0 bridgehead atoms. The Morgan fingerprint density at radius 3 is 3.06 bits per heavy atom. The highest BCUT2D eigenvalue weighted by atomic mass is 32.2. The minimum absolute atomic E-state index is 0.325. The van der Waals surface area contributed by atoms with Crippen LogP contribution in [0.15, 0.2) is 35.7 Å². The Morgan fingerprint density at radius 2 is 2.33 bits per heavy atom. The van der Waals surface area contributed by atoms with Gasteiger partial charge in [0.05, 0.1) is 17.3 Å². The van der Waals surface area contributed by atoms with Crippen LogP contribution in [0.3, 0.4) is 0 Å². The molecule has 1 aromatic heterocycles. The van der Waals surface area contributed by atoms with Crippen molar-refractivity contribution in [2.75, 3.05) is 12.9 Å². The van der Waals surface area contributed by atoms with E-state index in [0.29, 0.717) is 24.1 Å². The molecule has 0 aliphatic heterocycles. The van der Waals surface area contributed by atoms with Crippen molar-refractivity contribution in [1.29, 1.82) is 0 Å². The van der Waals surface area contributed by atoms with Gasteiger partial charge < -0.3 is 9.30 Å². The summed E-state index contributed by atoms with van der Waals surface area (Å²) in [6.07, 6.45) is 3.03. The Morgan fingerprint density at radius 1 is 1.50 bits per heavy atom. The lowest BCUT2D eigenvalue weighted by Crippen LogP contribution is -2.11. The number of aromatic nitrogens is 3. The fourth-order valence-electron chi connectivity index (χ4n) is 1.44. The lowest BCUT2D eigenvalue weighted by Gasteiger charge is -2.07. The minimum atomic E-state index is -1.19. The first-order valence-corrected chi connectivity index (χ1v) is 6.82. The zero-order valence-electron chi connectivity index (χ0n) is 9.75. The number of halogens is 1. The molecule has 0 amide bonds. The summed E-state index contributed by atoms with van der Waals surface area (Å²) in [5, 5.41) is 7.84. The van der Waals surface area contributed by atoms with Gasteiger partial charge in [-0.15, -0.1) is 10.2 Å². The minimum Gasteiger partial charge on any atom is -0.492 e. The number of hydrogen-bond donors (Lipinski definition) is 0. The third kappa shape index (κ3) is 3.13. The predicted molar refractivity (Wildman–Crippen MR) is 64.2 cm³/mol. The van der Waals surface area contributed by atoms with Crippen molar-refractivity contribution in [3.8, 4) is 5.75 Å². The standard InChI is InChI=1S/C11H12FN3O2S/c1-18(16)11-14-13-8-15(11)5-6-17-10-4-2-3-9(12)7-10/h2-4,7-8H,5-6H2,1H3/t18-/m0/s1. The van der Waals surface area contributed by atoms with Gasteiger partial charge in [0.25, 0.3) is 0 Å². The van der Waals surface area contributed by atoms with Crippen LogP contribution in [0.4, 0.5) is 4.39 Å². The molecule has 0 spiro atoms. The highest BCUT2D eigenvalue weighted by Gasteiger charge is 2.07. The molecule has 0 saturated heterocycles. The van der Waals surface area contributed by atoms with Gasteiger partial charge >= 0.3 is 0 Å². The second-order valence-corrected chi connectivity index (χ2v) is 4.84. The molecule has 0 saturated carbocycles. The monoisotopic (exact) mass is 269 g/mol. The number of nitrogens with zero attached hydrogens (tertiary/aromatic N) is 3. The summed E-state index contributed by atoms with van der Waals surface area (Å²) in [6.45, 7) is 0.782. The maximum absolute atomic E-state index is 12.9. The summed E-state index contributed by atoms with van der Waals surface area (Å²) in [7, 11) is -1.19. The van der Waals surface area contributed by atoms with Crippen molar-refractivity contribution in [3.63, 3.8) is 0 Å². The molecule has 0 aliphatic rings. The Hall–Kier alpha value is -1.76. The molecule has 2 rings (SSSR count). The van der Waals surface area contributed by atoms with E-state index in [-0.39, 0.29) is 5.82 Å². The first kappa shape index (κ1) is 12.7. The Bertz CT molecular complexity index is 559. The average molecular weight is 269 g/mol. The van der Waals surface area contributed by atoms with E-state index in [0.717, 1.165) is 0 Å². The summed E-state index contributed by atoms with van der Waals surface area (Å²) >= 11 is 0. The van der Waals surface area contributed by atoms with Gasteiger partial charge in [0, 0.05) is 12.3 Å². The summed E-state index contributed by atoms with van der Waals surface area (Å²) in [6, 6.07) is 5.92. The van der Waals surface area contributed by atoms with Crippen molar-refractivity contribution < 1.29 is 13.3 Å². The highest BCUT2D eigenvalue weighted by Crippen LogP contribution is 2.12.